The van der Waals surface area contributed by atoms with Gasteiger partial charge < -0.3 is 20.1 Å². The summed E-state index contributed by atoms with van der Waals surface area (Å²) in [5.74, 6) is 0.560. The van der Waals surface area contributed by atoms with E-state index >= 15 is 0 Å². The second kappa shape index (κ2) is 6.92. The third-order valence-electron chi connectivity index (χ3n) is 3.18. The first-order valence-corrected chi connectivity index (χ1v) is 6.99. The molecule has 20 heavy (non-hydrogen) atoms. The third-order valence-corrected chi connectivity index (χ3v) is 3.41. The van der Waals surface area contributed by atoms with Crippen LogP contribution in [-0.4, -0.2) is 43.7 Å². The van der Waals surface area contributed by atoms with Gasteiger partial charge in [0.2, 0.25) is 0 Å². The van der Waals surface area contributed by atoms with Crippen molar-refractivity contribution < 1.29 is 14.3 Å². The lowest BCUT2D eigenvalue weighted by Crippen LogP contribution is -2.43. The number of rotatable bonds is 4. The second-order valence-electron chi connectivity index (χ2n) is 4.75. The van der Waals surface area contributed by atoms with Crippen molar-refractivity contribution in [3.63, 3.8) is 0 Å². The Labute approximate surface area is 123 Å². The van der Waals surface area contributed by atoms with Crippen molar-refractivity contribution in [3.8, 4) is 5.75 Å². The maximum Gasteiger partial charge on any atom is 0.260 e. The van der Waals surface area contributed by atoms with E-state index in [9.17, 15) is 4.79 Å². The minimum Gasteiger partial charge on any atom is -0.483 e. The third kappa shape index (κ3) is 3.85. The van der Waals surface area contributed by atoms with Crippen LogP contribution >= 0.6 is 11.6 Å². The van der Waals surface area contributed by atoms with Crippen molar-refractivity contribution in [1.82, 2.24) is 4.90 Å². The number of ether oxygens (including phenoxy) is 2. The van der Waals surface area contributed by atoms with Gasteiger partial charge in [-0.1, -0.05) is 11.6 Å². The first kappa shape index (κ1) is 15.1. The zero-order valence-electron chi connectivity index (χ0n) is 11.5. The Bertz CT molecular complexity index is 473. The van der Waals surface area contributed by atoms with E-state index in [4.69, 9.17) is 26.8 Å². The van der Waals surface area contributed by atoms with Gasteiger partial charge in [0.1, 0.15) is 5.75 Å². The van der Waals surface area contributed by atoms with Crippen molar-refractivity contribution >= 4 is 17.5 Å². The molecule has 0 bridgehead atoms. The van der Waals surface area contributed by atoms with E-state index in [0.717, 1.165) is 5.56 Å². The summed E-state index contributed by atoms with van der Waals surface area (Å²) in [6.07, 6.45) is 0. The molecule has 1 fully saturated rings. The number of halogens is 1. The normalized spacial score (nSPS) is 16.9. The molecule has 1 aromatic carbocycles. The summed E-state index contributed by atoms with van der Waals surface area (Å²) >= 11 is 5.95. The average Bonchev–Trinajstić information content (AvgIpc) is 2.46. The van der Waals surface area contributed by atoms with E-state index in [1.54, 1.807) is 23.1 Å². The Morgan fingerprint density at radius 1 is 1.50 bits per heavy atom. The van der Waals surface area contributed by atoms with Gasteiger partial charge in [0.25, 0.3) is 5.91 Å². The summed E-state index contributed by atoms with van der Waals surface area (Å²) < 4.78 is 10.8. The smallest absolute Gasteiger partial charge is 0.260 e. The molecular formula is C14H19ClN2O3. The highest BCUT2D eigenvalue weighted by molar-refractivity contribution is 6.30. The van der Waals surface area contributed by atoms with Gasteiger partial charge in [0.15, 0.2) is 6.61 Å². The molecule has 1 heterocycles. The second-order valence-corrected chi connectivity index (χ2v) is 5.19. The molecule has 0 aliphatic carbocycles. The summed E-state index contributed by atoms with van der Waals surface area (Å²) in [6.45, 7) is 4.24. The summed E-state index contributed by atoms with van der Waals surface area (Å²) in [5.41, 5.74) is 6.68. The molecule has 1 aromatic rings. The van der Waals surface area contributed by atoms with E-state index in [1.165, 1.54) is 0 Å². The van der Waals surface area contributed by atoms with E-state index in [0.29, 0.717) is 37.1 Å². The van der Waals surface area contributed by atoms with Crippen molar-refractivity contribution in [2.45, 2.75) is 13.0 Å². The van der Waals surface area contributed by atoms with Gasteiger partial charge in [0, 0.05) is 29.7 Å². The summed E-state index contributed by atoms with van der Waals surface area (Å²) in [7, 11) is 0. The van der Waals surface area contributed by atoms with E-state index < -0.39 is 0 Å². The molecule has 0 radical (unpaired) electrons. The van der Waals surface area contributed by atoms with Gasteiger partial charge >= 0.3 is 0 Å². The summed E-state index contributed by atoms with van der Waals surface area (Å²) in [4.78, 5) is 13.7. The van der Waals surface area contributed by atoms with Crippen LogP contribution in [0.15, 0.2) is 18.2 Å². The number of benzene rings is 1. The monoisotopic (exact) mass is 298 g/mol. The minimum atomic E-state index is -0.206. The maximum atomic E-state index is 12.0. The molecule has 6 heteroatoms. The quantitative estimate of drug-likeness (QED) is 0.917. The maximum absolute atomic E-state index is 12.0. The van der Waals surface area contributed by atoms with Crippen LogP contribution in [0, 0.1) is 0 Å². The molecule has 1 saturated heterocycles. The van der Waals surface area contributed by atoms with Crippen molar-refractivity contribution in [1.29, 1.82) is 0 Å². The van der Waals surface area contributed by atoms with Crippen LogP contribution in [0.4, 0.5) is 0 Å². The predicted molar refractivity (Wildman–Crippen MR) is 76.9 cm³/mol. The number of carbonyl (C=O) groups excluding carboxylic acids is 1. The Kier molecular flexibility index (Phi) is 5.23. The molecule has 1 atom stereocenters. The largest absolute Gasteiger partial charge is 0.483 e. The summed E-state index contributed by atoms with van der Waals surface area (Å²) in [6, 6.07) is 5.03. The van der Waals surface area contributed by atoms with Crippen LogP contribution in [0.2, 0.25) is 5.02 Å². The van der Waals surface area contributed by atoms with Crippen LogP contribution in [0.25, 0.3) is 0 Å². The van der Waals surface area contributed by atoms with Crippen LogP contribution in [0.5, 0.6) is 5.75 Å². The van der Waals surface area contributed by atoms with Crippen LogP contribution in [-0.2, 0) is 9.53 Å². The number of hydrogen-bond donors (Lipinski definition) is 1. The molecule has 2 rings (SSSR count). The molecule has 0 aromatic heterocycles. The van der Waals surface area contributed by atoms with Crippen molar-refractivity contribution in [2.24, 2.45) is 5.73 Å². The number of nitrogens with two attached hydrogens (primary N) is 1. The highest BCUT2D eigenvalue weighted by atomic mass is 35.5. The number of carbonyl (C=O) groups is 1. The molecule has 1 aliphatic heterocycles. The fraction of sp³-hybridized carbons (Fsp3) is 0.500. The van der Waals surface area contributed by atoms with E-state index in [-0.39, 0.29) is 18.6 Å². The fourth-order valence-corrected chi connectivity index (χ4v) is 2.23. The molecule has 0 spiro atoms. The standard InChI is InChI=1S/C14H19ClN2O3/c1-10(16)12-8-11(15)2-3-13(12)20-9-14(18)17-4-6-19-7-5-17/h2-3,8,10H,4-7,9,16H2,1H3/t10-/m1/s1. The number of nitrogens with zero attached hydrogens (tertiary/aromatic N) is 1. The summed E-state index contributed by atoms with van der Waals surface area (Å²) in [5, 5.41) is 0.601. The van der Waals surface area contributed by atoms with Gasteiger partial charge in [-0.2, -0.15) is 0 Å². The van der Waals surface area contributed by atoms with Crippen LogP contribution in [0.1, 0.15) is 18.5 Å². The Balaban J connectivity index is 1.98. The molecule has 5 nitrogen and oxygen atoms in total. The van der Waals surface area contributed by atoms with E-state index in [2.05, 4.69) is 0 Å². The highest BCUT2D eigenvalue weighted by Crippen LogP contribution is 2.27. The topological polar surface area (TPSA) is 64.8 Å². The van der Waals surface area contributed by atoms with Gasteiger partial charge in [0.05, 0.1) is 13.2 Å². The SMILES string of the molecule is C[C@@H](N)c1cc(Cl)ccc1OCC(=O)N1CCOCC1. The van der Waals surface area contributed by atoms with Gasteiger partial charge in [-0.15, -0.1) is 0 Å². The predicted octanol–water partition coefficient (Wildman–Crippen LogP) is 1.60. The van der Waals surface area contributed by atoms with E-state index in [1.807, 2.05) is 6.92 Å². The number of amides is 1. The zero-order chi connectivity index (χ0) is 14.5. The molecule has 110 valence electrons. The van der Waals surface area contributed by atoms with Crippen LogP contribution < -0.4 is 10.5 Å². The first-order valence-electron chi connectivity index (χ1n) is 6.61. The molecular weight excluding hydrogens is 280 g/mol. The Hall–Kier alpha value is -1.30. The Morgan fingerprint density at radius 3 is 2.85 bits per heavy atom. The fourth-order valence-electron chi connectivity index (χ4n) is 2.05. The molecule has 0 unspecified atom stereocenters. The Morgan fingerprint density at radius 2 is 2.20 bits per heavy atom. The van der Waals surface area contributed by atoms with Gasteiger partial charge in [-0.25, -0.2) is 0 Å². The molecule has 2 N–H and O–H groups in total. The van der Waals surface area contributed by atoms with Gasteiger partial charge in [-0.05, 0) is 25.1 Å². The lowest BCUT2D eigenvalue weighted by molar-refractivity contribution is -0.137. The lowest BCUT2D eigenvalue weighted by atomic mass is 10.1. The number of morpholine rings is 1. The molecule has 1 aliphatic rings. The molecule has 1 amide bonds. The molecule has 0 saturated carbocycles. The van der Waals surface area contributed by atoms with Crippen molar-refractivity contribution in [3.05, 3.63) is 28.8 Å². The van der Waals surface area contributed by atoms with Gasteiger partial charge in [-0.3, -0.25) is 4.79 Å². The van der Waals surface area contributed by atoms with Crippen LogP contribution in [0.3, 0.4) is 0 Å². The number of hydrogen-bond acceptors (Lipinski definition) is 4. The lowest BCUT2D eigenvalue weighted by Gasteiger charge is -2.27. The highest BCUT2D eigenvalue weighted by Gasteiger charge is 2.18. The minimum absolute atomic E-state index is 0.00134. The first-order chi connectivity index (χ1) is 9.58. The van der Waals surface area contributed by atoms with Crippen molar-refractivity contribution in [2.75, 3.05) is 32.9 Å². The zero-order valence-corrected chi connectivity index (χ0v) is 12.2. The average molecular weight is 299 g/mol.